The summed E-state index contributed by atoms with van der Waals surface area (Å²) in [4.78, 5) is 10.9. The van der Waals surface area contributed by atoms with Gasteiger partial charge in [-0.25, -0.2) is 4.98 Å². The zero-order valence-corrected chi connectivity index (χ0v) is 12.6. The second kappa shape index (κ2) is 5.95. The third kappa shape index (κ3) is 2.81. The van der Waals surface area contributed by atoms with E-state index < -0.39 is 0 Å². The van der Waals surface area contributed by atoms with E-state index in [-0.39, 0.29) is 0 Å². The van der Waals surface area contributed by atoms with Crippen LogP contribution in [0.15, 0.2) is 0 Å². The van der Waals surface area contributed by atoms with E-state index in [4.69, 9.17) is 18.0 Å². The molecule has 2 heterocycles. The van der Waals surface area contributed by atoms with Crippen molar-refractivity contribution in [2.75, 3.05) is 37.6 Å². The fourth-order valence-electron chi connectivity index (χ4n) is 2.16. The monoisotopic (exact) mass is 284 g/mol. The second-order valence-electron chi connectivity index (χ2n) is 4.41. The van der Waals surface area contributed by atoms with Crippen molar-refractivity contribution in [2.24, 2.45) is 5.73 Å². The number of rotatable bonds is 4. The summed E-state index contributed by atoms with van der Waals surface area (Å²) in [5.41, 5.74) is 6.79. The molecule has 6 heteroatoms. The minimum Gasteiger partial charge on any atom is -0.389 e. The average molecular weight is 284 g/mol. The van der Waals surface area contributed by atoms with E-state index >= 15 is 0 Å². The maximum Gasteiger partial charge on any atom is 0.186 e. The highest BCUT2D eigenvalue weighted by molar-refractivity contribution is 7.81. The number of hydrogen-bond donors (Lipinski definition) is 1. The minimum atomic E-state index is 0.475. The molecule has 2 rings (SSSR count). The van der Waals surface area contributed by atoms with Crippen molar-refractivity contribution in [2.45, 2.75) is 20.3 Å². The van der Waals surface area contributed by atoms with E-state index in [1.54, 1.807) is 11.3 Å². The predicted molar refractivity (Wildman–Crippen MR) is 81.7 cm³/mol. The van der Waals surface area contributed by atoms with E-state index in [9.17, 15) is 0 Å². The van der Waals surface area contributed by atoms with E-state index in [2.05, 4.69) is 28.6 Å². The van der Waals surface area contributed by atoms with Crippen molar-refractivity contribution in [3.63, 3.8) is 0 Å². The number of likely N-dealkylation sites (N-methyl/N-ethyl adjacent to an activating group) is 1. The van der Waals surface area contributed by atoms with Gasteiger partial charge in [0.05, 0.1) is 10.6 Å². The molecule has 18 heavy (non-hydrogen) atoms. The lowest BCUT2D eigenvalue weighted by molar-refractivity contribution is 0.271. The zero-order chi connectivity index (χ0) is 13.1. The third-order valence-corrected chi connectivity index (χ3v) is 4.86. The number of aryl methyl sites for hydroxylation is 1. The van der Waals surface area contributed by atoms with Gasteiger partial charge in [-0.05, 0) is 13.0 Å². The molecule has 1 aliphatic heterocycles. The molecule has 0 amide bonds. The Balaban J connectivity index is 2.12. The van der Waals surface area contributed by atoms with Gasteiger partial charge in [-0.15, -0.1) is 0 Å². The van der Waals surface area contributed by atoms with Gasteiger partial charge in [0.2, 0.25) is 0 Å². The summed E-state index contributed by atoms with van der Waals surface area (Å²) < 4.78 is 0. The molecule has 0 atom stereocenters. The van der Waals surface area contributed by atoms with Crippen LogP contribution in [-0.2, 0) is 6.42 Å². The van der Waals surface area contributed by atoms with Gasteiger partial charge < -0.3 is 15.5 Å². The number of nitrogens with zero attached hydrogens (tertiary/aromatic N) is 3. The molecule has 0 aromatic carbocycles. The van der Waals surface area contributed by atoms with Crippen LogP contribution >= 0.6 is 23.6 Å². The number of thiocarbonyl (C=S) groups is 1. The van der Waals surface area contributed by atoms with Crippen molar-refractivity contribution < 1.29 is 0 Å². The molecule has 0 saturated carbocycles. The van der Waals surface area contributed by atoms with Gasteiger partial charge in [0.1, 0.15) is 4.99 Å². The van der Waals surface area contributed by atoms with Crippen LogP contribution in [0.25, 0.3) is 0 Å². The Labute approximate surface area is 118 Å². The van der Waals surface area contributed by atoms with E-state index in [0.717, 1.165) is 54.8 Å². The molecule has 1 aliphatic rings. The van der Waals surface area contributed by atoms with Crippen molar-refractivity contribution in [3.8, 4) is 0 Å². The first kappa shape index (κ1) is 13.7. The Bertz CT molecular complexity index is 422. The number of piperazine rings is 1. The average Bonchev–Trinajstić information content (AvgIpc) is 2.83. The van der Waals surface area contributed by atoms with Gasteiger partial charge in [-0.2, -0.15) is 0 Å². The Morgan fingerprint density at radius 3 is 2.44 bits per heavy atom. The molecule has 0 aliphatic carbocycles. The molecule has 4 nitrogen and oxygen atoms in total. The summed E-state index contributed by atoms with van der Waals surface area (Å²) in [6.45, 7) is 9.74. The number of aromatic nitrogens is 1. The number of anilines is 1. The number of thiazole rings is 1. The molecular formula is C12H20N4S2. The Hall–Kier alpha value is -0.720. The molecule has 100 valence electrons. The smallest absolute Gasteiger partial charge is 0.186 e. The number of hydrogen-bond acceptors (Lipinski definition) is 5. The lowest BCUT2D eigenvalue weighted by Gasteiger charge is -2.33. The standard InChI is InChI=1S/C12H20N4S2/c1-3-9-10(11(13)17)18-12(14-9)16-7-5-15(4-2)6-8-16/h3-8H2,1-2H3,(H2,13,17). The van der Waals surface area contributed by atoms with Crippen LogP contribution in [0.1, 0.15) is 24.4 Å². The molecule has 0 spiro atoms. The predicted octanol–water partition coefficient (Wildman–Crippen LogP) is 1.48. The molecule has 1 fully saturated rings. The van der Waals surface area contributed by atoms with Gasteiger partial charge in [-0.1, -0.05) is 37.4 Å². The third-order valence-electron chi connectivity index (χ3n) is 3.33. The van der Waals surface area contributed by atoms with Gasteiger partial charge in [-0.3, -0.25) is 0 Å². The van der Waals surface area contributed by atoms with E-state index in [1.165, 1.54) is 0 Å². The summed E-state index contributed by atoms with van der Waals surface area (Å²) in [7, 11) is 0. The van der Waals surface area contributed by atoms with Crippen LogP contribution in [0.2, 0.25) is 0 Å². The maximum absolute atomic E-state index is 5.75. The molecule has 1 aromatic rings. The first-order chi connectivity index (χ1) is 8.65. The van der Waals surface area contributed by atoms with Gasteiger partial charge in [0, 0.05) is 26.2 Å². The molecule has 0 unspecified atom stereocenters. The van der Waals surface area contributed by atoms with E-state index in [1.807, 2.05) is 0 Å². The Morgan fingerprint density at radius 2 is 2.00 bits per heavy atom. The highest BCUT2D eigenvalue weighted by Gasteiger charge is 2.20. The van der Waals surface area contributed by atoms with Crippen LogP contribution in [0, 0.1) is 0 Å². The van der Waals surface area contributed by atoms with Crippen LogP contribution in [0.3, 0.4) is 0 Å². The van der Waals surface area contributed by atoms with Gasteiger partial charge in [0.25, 0.3) is 0 Å². The maximum atomic E-state index is 5.75. The molecular weight excluding hydrogens is 264 g/mol. The van der Waals surface area contributed by atoms with Crippen molar-refractivity contribution in [1.29, 1.82) is 0 Å². The molecule has 0 bridgehead atoms. The van der Waals surface area contributed by atoms with Gasteiger partial charge in [0.15, 0.2) is 5.13 Å². The summed E-state index contributed by atoms with van der Waals surface area (Å²) >= 11 is 6.73. The van der Waals surface area contributed by atoms with Crippen LogP contribution in [-0.4, -0.2) is 47.6 Å². The zero-order valence-electron chi connectivity index (χ0n) is 11.0. The van der Waals surface area contributed by atoms with Gasteiger partial charge >= 0.3 is 0 Å². The Morgan fingerprint density at radius 1 is 1.33 bits per heavy atom. The van der Waals surface area contributed by atoms with Crippen LogP contribution < -0.4 is 10.6 Å². The highest BCUT2D eigenvalue weighted by atomic mass is 32.1. The second-order valence-corrected chi connectivity index (χ2v) is 5.83. The molecule has 1 saturated heterocycles. The summed E-state index contributed by atoms with van der Waals surface area (Å²) in [5.74, 6) is 0. The van der Waals surface area contributed by atoms with E-state index in [0.29, 0.717) is 4.99 Å². The largest absolute Gasteiger partial charge is 0.389 e. The fourth-order valence-corrected chi connectivity index (χ4v) is 3.46. The fraction of sp³-hybridized carbons (Fsp3) is 0.667. The summed E-state index contributed by atoms with van der Waals surface area (Å²) in [6.07, 6.45) is 0.887. The van der Waals surface area contributed by atoms with Crippen LogP contribution in [0.4, 0.5) is 5.13 Å². The minimum absolute atomic E-state index is 0.475. The molecule has 1 aromatic heterocycles. The van der Waals surface area contributed by atoms with Crippen LogP contribution in [0.5, 0.6) is 0 Å². The molecule has 2 N–H and O–H groups in total. The highest BCUT2D eigenvalue weighted by Crippen LogP contribution is 2.27. The topological polar surface area (TPSA) is 45.4 Å². The Kier molecular flexibility index (Phi) is 4.53. The normalized spacial score (nSPS) is 17.1. The summed E-state index contributed by atoms with van der Waals surface area (Å²) in [6, 6.07) is 0. The summed E-state index contributed by atoms with van der Waals surface area (Å²) in [5, 5.41) is 1.07. The lowest BCUT2D eigenvalue weighted by Crippen LogP contribution is -2.46. The van der Waals surface area contributed by atoms with Crippen molar-refractivity contribution in [3.05, 3.63) is 10.6 Å². The quantitative estimate of drug-likeness (QED) is 0.849. The lowest BCUT2D eigenvalue weighted by atomic mass is 10.3. The van der Waals surface area contributed by atoms with Crippen molar-refractivity contribution in [1.82, 2.24) is 9.88 Å². The first-order valence-electron chi connectivity index (χ1n) is 6.42. The molecule has 0 radical (unpaired) electrons. The first-order valence-corrected chi connectivity index (χ1v) is 7.65. The van der Waals surface area contributed by atoms with Crippen molar-refractivity contribution >= 4 is 33.7 Å². The SMILES string of the molecule is CCc1nc(N2CCN(CC)CC2)sc1C(N)=S. The number of nitrogens with two attached hydrogens (primary N) is 1.